The monoisotopic (exact) mass is 154 g/mol. The minimum absolute atomic E-state index is 0.442. The van der Waals surface area contributed by atoms with Gasteiger partial charge in [0.1, 0.15) is 0 Å². The van der Waals surface area contributed by atoms with E-state index in [9.17, 15) is 4.79 Å². The fraction of sp³-hybridized carbons (Fsp3) is 0.625. The summed E-state index contributed by atoms with van der Waals surface area (Å²) >= 11 is 0. The van der Waals surface area contributed by atoms with Crippen LogP contribution in [0, 0.1) is 11.8 Å². The van der Waals surface area contributed by atoms with E-state index < -0.39 is 5.91 Å². The fourth-order valence-electron chi connectivity index (χ4n) is 0.434. The molecule has 0 rings (SSSR count). The summed E-state index contributed by atoms with van der Waals surface area (Å²) in [5, 5.41) is 0. The maximum Gasteiger partial charge on any atom is 0.293 e. The van der Waals surface area contributed by atoms with Gasteiger partial charge in [-0.25, -0.2) is 0 Å². The van der Waals surface area contributed by atoms with E-state index in [1.807, 2.05) is 11.9 Å². The molecule has 0 aromatic carbocycles. The van der Waals surface area contributed by atoms with Crippen LogP contribution >= 0.6 is 0 Å². The van der Waals surface area contributed by atoms with Crippen LogP contribution in [0.4, 0.5) is 0 Å². The van der Waals surface area contributed by atoms with Crippen LogP contribution in [0.15, 0.2) is 0 Å². The van der Waals surface area contributed by atoms with Gasteiger partial charge in [-0.3, -0.25) is 9.69 Å². The average molecular weight is 154 g/mol. The summed E-state index contributed by atoms with van der Waals surface area (Å²) in [4.78, 5) is 12.2. The molecule has 1 amide bonds. The highest BCUT2D eigenvalue weighted by molar-refractivity contribution is 5.91. The third-order valence-electron chi connectivity index (χ3n) is 1.42. The second kappa shape index (κ2) is 4.75. The second-order valence-electron chi connectivity index (χ2n) is 2.67. The average Bonchev–Trinajstić information content (AvgIpc) is 1.86. The highest BCUT2D eigenvalue weighted by Gasteiger charge is 1.98. The molecule has 0 aromatic heterocycles. The van der Waals surface area contributed by atoms with Gasteiger partial charge in [-0.05, 0) is 26.8 Å². The van der Waals surface area contributed by atoms with Gasteiger partial charge < -0.3 is 5.73 Å². The van der Waals surface area contributed by atoms with Gasteiger partial charge in [-0.1, -0.05) is 5.92 Å². The largest absolute Gasteiger partial charge is 0.359 e. The van der Waals surface area contributed by atoms with E-state index in [0.717, 1.165) is 0 Å². The molecule has 0 radical (unpaired) electrons. The number of primary amides is 1. The molecule has 0 aliphatic heterocycles. The predicted molar refractivity (Wildman–Crippen MR) is 44.7 cm³/mol. The fourth-order valence-corrected chi connectivity index (χ4v) is 0.434. The number of hydrogen-bond acceptors (Lipinski definition) is 2. The molecule has 0 fully saturated rings. The molecular weight excluding hydrogens is 140 g/mol. The first kappa shape index (κ1) is 9.99. The number of hydrogen-bond donors (Lipinski definition) is 1. The highest BCUT2D eigenvalue weighted by atomic mass is 16.1. The maximum absolute atomic E-state index is 10.2. The van der Waals surface area contributed by atoms with Gasteiger partial charge in [0.05, 0.1) is 6.54 Å². The molecule has 3 heteroatoms. The van der Waals surface area contributed by atoms with Gasteiger partial charge >= 0.3 is 0 Å². The third-order valence-corrected chi connectivity index (χ3v) is 1.42. The van der Waals surface area contributed by atoms with Crippen molar-refractivity contribution in [3.05, 3.63) is 0 Å². The van der Waals surface area contributed by atoms with Crippen molar-refractivity contribution in [2.24, 2.45) is 5.73 Å². The number of nitrogens with zero attached hydrogens (tertiary/aromatic N) is 1. The highest BCUT2D eigenvalue weighted by Crippen LogP contribution is 1.89. The summed E-state index contributed by atoms with van der Waals surface area (Å²) in [7, 11) is 1.94. The molecular formula is C8H14N2O. The zero-order chi connectivity index (χ0) is 8.85. The molecule has 0 spiro atoms. The Hall–Kier alpha value is -1.01. The van der Waals surface area contributed by atoms with Crippen molar-refractivity contribution in [1.82, 2.24) is 4.90 Å². The molecule has 0 unspecified atom stereocenters. The Morgan fingerprint density at radius 1 is 1.64 bits per heavy atom. The van der Waals surface area contributed by atoms with E-state index in [2.05, 4.69) is 25.7 Å². The quantitative estimate of drug-likeness (QED) is 0.561. The van der Waals surface area contributed by atoms with Crippen molar-refractivity contribution < 1.29 is 4.79 Å². The molecule has 0 heterocycles. The number of rotatable bonds is 2. The first-order chi connectivity index (χ1) is 5.04. The Balaban J connectivity index is 3.72. The van der Waals surface area contributed by atoms with Crippen molar-refractivity contribution in [3.63, 3.8) is 0 Å². The Morgan fingerprint density at radius 3 is 2.55 bits per heavy atom. The van der Waals surface area contributed by atoms with Gasteiger partial charge in [0, 0.05) is 6.04 Å². The van der Waals surface area contributed by atoms with Gasteiger partial charge in [-0.15, -0.1) is 0 Å². The van der Waals surface area contributed by atoms with E-state index >= 15 is 0 Å². The van der Waals surface area contributed by atoms with Crippen LogP contribution in [0.5, 0.6) is 0 Å². The van der Waals surface area contributed by atoms with E-state index in [4.69, 9.17) is 5.73 Å². The molecule has 0 saturated carbocycles. The lowest BCUT2D eigenvalue weighted by Crippen LogP contribution is -2.26. The number of amides is 1. The summed E-state index contributed by atoms with van der Waals surface area (Å²) in [5.74, 6) is 4.38. The molecule has 62 valence electrons. The summed E-state index contributed by atoms with van der Waals surface area (Å²) in [6, 6.07) is 0.442. The Bertz CT molecular complexity index is 188. The molecule has 0 aliphatic rings. The smallest absolute Gasteiger partial charge is 0.293 e. The minimum Gasteiger partial charge on any atom is -0.359 e. The second-order valence-corrected chi connectivity index (χ2v) is 2.67. The van der Waals surface area contributed by atoms with Crippen molar-refractivity contribution in [3.8, 4) is 11.8 Å². The van der Waals surface area contributed by atoms with E-state index in [1.54, 1.807) is 0 Å². The Labute approximate surface area is 67.6 Å². The summed E-state index contributed by atoms with van der Waals surface area (Å²) < 4.78 is 0. The van der Waals surface area contributed by atoms with Crippen LogP contribution in [0.2, 0.25) is 0 Å². The van der Waals surface area contributed by atoms with Gasteiger partial charge in [-0.2, -0.15) is 0 Å². The summed E-state index contributed by atoms with van der Waals surface area (Å²) in [6.45, 7) is 4.71. The van der Waals surface area contributed by atoms with Gasteiger partial charge in [0.2, 0.25) is 0 Å². The van der Waals surface area contributed by atoms with Crippen molar-refractivity contribution in [2.75, 3.05) is 13.6 Å². The zero-order valence-corrected chi connectivity index (χ0v) is 7.22. The molecule has 0 aliphatic carbocycles. The molecule has 11 heavy (non-hydrogen) atoms. The van der Waals surface area contributed by atoms with Crippen molar-refractivity contribution >= 4 is 5.91 Å². The number of carbonyl (C=O) groups is 1. The van der Waals surface area contributed by atoms with Crippen LogP contribution < -0.4 is 5.73 Å². The Morgan fingerprint density at radius 2 is 2.18 bits per heavy atom. The number of carbonyl (C=O) groups excluding carboxylic acids is 1. The van der Waals surface area contributed by atoms with Gasteiger partial charge in [0.15, 0.2) is 0 Å². The zero-order valence-electron chi connectivity index (χ0n) is 7.22. The van der Waals surface area contributed by atoms with Crippen LogP contribution in [-0.2, 0) is 4.79 Å². The molecule has 0 aromatic rings. The van der Waals surface area contributed by atoms with Gasteiger partial charge in [0.25, 0.3) is 5.91 Å². The van der Waals surface area contributed by atoms with Crippen molar-refractivity contribution in [2.45, 2.75) is 19.9 Å². The lowest BCUT2D eigenvalue weighted by Gasteiger charge is -2.16. The lowest BCUT2D eigenvalue weighted by molar-refractivity contribution is -0.112. The van der Waals surface area contributed by atoms with E-state index in [1.165, 1.54) is 0 Å². The van der Waals surface area contributed by atoms with Crippen LogP contribution in [-0.4, -0.2) is 30.4 Å². The molecule has 0 atom stereocenters. The Kier molecular flexibility index (Phi) is 4.32. The lowest BCUT2D eigenvalue weighted by atomic mass is 10.3. The van der Waals surface area contributed by atoms with Crippen LogP contribution in [0.1, 0.15) is 13.8 Å². The normalized spacial score (nSPS) is 9.55. The van der Waals surface area contributed by atoms with Crippen molar-refractivity contribution in [1.29, 1.82) is 0 Å². The summed E-state index contributed by atoms with van der Waals surface area (Å²) in [6.07, 6.45) is 0. The molecule has 3 nitrogen and oxygen atoms in total. The molecule has 0 saturated heterocycles. The van der Waals surface area contributed by atoms with Crippen LogP contribution in [0.25, 0.3) is 0 Å². The predicted octanol–water partition coefficient (Wildman–Crippen LogP) is -0.185. The first-order valence-corrected chi connectivity index (χ1v) is 3.52. The minimum atomic E-state index is -0.567. The molecule has 0 bridgehead atoms. The maximum atomic E-state index is 10.2. The number of nitrogens with two attached hydrogens (primary N) is 1. The standard InChI is InChI=1S/C8H14N2O/c1-7(2)10(3)6-4-5-8(9)11/h7H,6H2,1-3H3,(H2,9,11). The van der Waals surface area contributed by atoms with E-state index in [0.29, 0.717) is 12.6 Å². The van der Waals surface area contributed by atoms with Crippen LogP contribution in [0.3, 0.4) is 0 Å². The third kappa shape index (κ3) is 5.43. The first-order valence-electron chi connectivity index (χ1n) is 3.52. The van der Waals surface area contributed by atoms with E-state index in [-0.39, 0.29) is 0 Å². The molecule has 2 N–H and O–H groups in total. The topological polar surface area (TPSA) is 46.3 Å². The SMILES string of the molecule is CC(C)N(C)CC#CC(N)=O. The summed E-state index contributed by atoms with van der Waals surface area (Å²) in [5.41, 5.74) is 4.82.